The van der Waals surface area contributed by atoms with Crippen LogP contribution in [-0.2, 0) is 19.5 Å². The van der Waals surface area contributed by atoms with Gasteiger partial charge in [0.25, 0.3) is 5.91 Å². The third kappa shape index (κ3) is 4.49. The SMILES string of the molecule is COc1cc(OC)c(C(=O)NCc2ccc(CN3CCc4ccccc43)cc2)cc1OC. The molecule has 6 heteroatoms. The van der Waals surface area contributed by atoms with E-state index in [1.807, 2.05) is 0 Å². The second kappa shape index (κ2) is 9.64. The molecule has 1 aliphatic heterocycles. The highest BCUT2D eigenvalue weighted by Crippen LogP contribution is 2.34. The summed E-state index contributed by atoms with van der Waals surface area (Å²) in [7, 11) is 4.60. The molecule has 0 saturated heterocycles. The lowest BCUT2D eigenvalue weighted by Gasteiger charge is -2.19. The molecule has 0 spiro atoms. The first-order chi connectivity index (χ1) is 15.6. The van der Waals surface area contributed by atoms with Crippen LogP contribution in [0.25, 0.3) is 0 Å². The van der Waals surface area contributed by atoms with Gasteiger partial charge in [-0.3, -0.25) is 4.79 Å². The lowest BCUT2D eigenvalue weighted by atomic mass is 10.1. The number of carbonyl (C=O) groups is 1. The van der Waals surface area contributed by atoms with E-state index in [9.17, 15) is 4.79 Å². The Labute approximate surface area is 188 Å². The first-order valence-electron chi connectivity index (χ1n) is 10.6. The highest BCUT2D eigenvalue weighted by atomic mass is 16.5. The number of benzene rings is 3. The number of hydrogen-bond donors (Lipinski definition) is 1. The van der Waals surface area contributed by atoms with Gasteiger partial charge in [-0.1, -0.05) is 42.5 Å². The molecule has 0 unspecified atom stereocenters. The molecule has 0 saturated carbocycles. The van der Waals surface area contributed by atoms with E-state index < -0.39 is 0 Å². The van der Waals surface area contributed by atoms with Crippen molar-refractivity contribution in [2.75, 3.05) is 32.8 Å². The smallest absolute Gasteiger partial charge is 0.255 e. The molecule has 32 heavy (non-hydrogen) atoms. The van der Waals surface area contributed by atoms with Gasteiger partial charge in [0.2, 0.25) is 0 Å². The molecule has 0 radical (unpaired) electrons. The summed E-state index contributed by atoms with van der Waals surface area (Å²) in [6, 6.07) is 20.2. The van der Waals surface area contributed by atoms with Crippen LogP contribution in [0.2, 0.25) is 0 Å². The number of rotatable bonds is 8. The molecule has 1 heterocycles. The van der Waals surface area contributed by atoms with E-state index in [1.54, 1.807) is 19.2 Å². The van der Waals surface area contributed by atoms with Crippen LogP contribution in [0.4, 0.5) is 5.69 Å². The fourth-order valence-corrected chi connectivity index (χ4v) is 4.04. The first kappa shape index (κ1) is 21.6. The van der Waals surface area contributed by atoms with Crippen molar-refractivity contribution in [1.82, 2.24) is 5.32 Å². The van der Waals surface area contributed by atoms with Crippen LogP contribution in [0.1, 0.15) is 27.0 Å². The fraction of sp³-hybridized carbons (Fsp3) is 0.269. The summed E-state index contributed by atoms with van der Waals surface area (Å²) in [4.78, 5) is 15.2. The number of para-hydroxylation sites is 1. The summed E-state index contributed by atoms with van der Waals surface area (Å²) in [5, 5.41) is 2.96. The van der Waals surface area contributed by atoms with Crippen molar-refractivity contribution in [2.24, 2.45) is 0 Å². The Morgan fingerprint density at radius 1 is 0.875 bits per heavy atom. The predicted octanol–water partition coefficient (Wildman–Crippen LogP) is 4.21. The molecule has 3 aromatic rings. The van der Waals surface area contributed by atoms with Crippen LogP contribution in [0.3, 0.4) is 0 Å². The molecular formula is C26H28N2O4. The van der Waals surface area contributed by atoms with Crippen LogP contribution in [0.15, 0.2) is 60.7 Å². The Kier molecular flexibility index (Phi) is 6.50. The molecule has 166 valence electrons. The zero-order valence-corrected chi connectivity index (χ0v) is 18.7. The van der Waals surface area contributed by atoms with Crippen molar-refractivity contribution in [3.63, 3.8) is 0 Å². The van der Waals surface area contributed by atoms with Gasteiger partial charge in [0, 0.05) is 37.5 Å². The summed E-state index contributed by atoms with van der Waals surface area (Å²) in [5.41, 5.74) is 5.42. The molecule has 0 aromatic heterocycles. The van der Waals surface area contributed by atoms with Crippen LogP contribution in [0.5, 0.6) is 17.2 Å². The van der Waals surface area contributed by atoms with E-state index in [0.29, 0.717) is 29.4 Å². The number of carbonyl (C=O) groups excluding carboxylic acids is 1. The Balaban J connectivity index is 1.39. The average molecular weight is 433 g/mol. The van der Waals surface area contributed by atoms with E-state index in [-0.39, 0.29) is 5.91 Å². The number of methoxy groups -OCH3 is 3. The van der Waals surface area contributed by atoms with Crippen molar-refractivity contribution in [2.45, 2.75) is 19.5 Å². The average Bonchev–Trinajstić information content (AvgIpc) is 3.25. The number of nitrogens with zero attached hydrogens (tertiary/aromatic N) is 1. The van der Waals surface area contributed by atoms with Crippen molar-refractivity contribution in [1.29, 1.82) is 0 Å². The Hall–Kier alpha value is -3.67. The number of amides is 1. The summed E-state index contributed by atoms with van der Waals surface area (Å²) >= 11 is 0. The van der Waals surface area contributed by atoms with E-state index in [1.165, 1.54) is 31.0 Å². The lowest BCUT2D eigenvalue weighted by molar-refractivity contribution is 0.0947. The van der Waals surface area contributed by atoms with Crippen LogP contribution < -0.4 is 24.4 Å². The molecular weight excluding hydrogens is 404 g/mol. The first-order valence-corrected chi connectivity index (χ1v) is 10.6. The lowest BCUT2D eigenvalue weighted by Crippen LogP contribution is -2.23. The molecule has 3 aromatic carbocycles. The summed E-state index contributed by atoms with van der Waals surface area (Å²) in [6.07, 6.45) is 1.10. The molecule has 0 aliphatic carbocycles. The number of ether oxygens (including phenoxy) is 3. The normalized spacial score (nSPS) is 12.3. The Morgan fingerprint density at radius 2 is 1.53 bits per heavy atom. The van der Waals surface area contributed by atoms with Gasteiger partial charge in [-0.2, -0.15) is 0 Å². The highest BCUT2D eigenvalue weighted by Gasteiger charge is 2.19. The monoisotopic (exact) mass is 432 g/mol. The second-order valence-corrected chi connectivity index (χ2v) is 7.71. The zero-order valence-electron chi connectivity index (χ0n) is 18.7. The predicted molar refractivity (Wildman–Crippen MR) is 125 cm³/mol. The van der Waals surface area contributed by atoms with Gasteiger partial charge in [0.05, 0.1) is 26.9 Å². The number of fused-ring (bicyclic) bond motifs is 1. The molecule has 1 aliphatic rings. The minimum Gasteiger partial charge on any atom is -0.496 e. The molecule has 1 amide bonds. The van der Waals surface area contributed by atoms with Gasteiger partial charge in [0.1, 0.15) is 5.75 Å². The maximum atomic E-state index is 12.8. The molecule has 0 bridgehead atoms. The maximum absolute atomic E-state index is 12.8. The second-order valence-electron chi connectivity index (χ2n) is 7.71. The van der Waals surface area contributed by atoms with E-state index in [4.69, 9.17) is 14.2 Å². The van der Waals surface area contributed by atoms with Crippen molar-refractivity contribution < 1.29 is 19.0 Å². The van der Waals surface area contributed by atoms with Gasteiger partial charge >= 0.3 is 0 Å². The van der Waals surface area contributed by atoms with Gasteiger partial charge in [-0.25, -0.2) is 0 Å². The number of anilines is 1. The van der Waals surface area contributed by atoms with Gasteiger partial charge in [-0.15, -0.1) is 0 Å². The standard InChI is InChI=1S/C26H28N2O4/c1-30-23-15-25(32-3)24(31-2)14-21(23)26(29)27-16-18-8-10-19(11-9-18)17-28-13-12-20-6-4-5-7-22(20)28/h4-11,14-15H,12-13,16-17H2,1-3H3,(H,27,29). The quantitative estimate of drug-likeness (QED) is 0.578. The topological polar surface area (TPSA) is 60.0 Å². The maximum Gasteiger partial charge on any atom is 0.255 e. The summed E-state index contributed by atoms with van der Waals surface area (Å²) in [5.74, 6) is 1.19. The van der Waals surface area contributed by atoms with Gasteiger partial charge in [0.15, 0.2) is 11.5 Å². The van der Waals surface area contributed by atoms with Crippen molar-refractivity contribution >= 4 is 11.6 Å². The highest BCUT2D eigenvalue weighted by molar-refractivity contribution is 5.97. The number of nitrogens with one attached hydrogen (secondary N) is 1. The van der Waals surface area contributed by atoms with E-state index in [2.05, 4.69) is 58.7 Å². The van der Waals surface area contributed by atoms with Crippen LogP contribution in [-0.4, -0.2) is 33.8 Å². The van der Waals surface area contributed by atoms with Gasteiger partial charge in [-0.05, 0) is 29.2 Å². The third-order valence-corrected chi connectivity index (χ3v) is 5.78. The Morgan fingerprint density at radius 3 is 2.25 bits per heavy atom. The Bertz CT molecular complexity index is 1100. The molecule has 6 nitrogen and oxygen atoms in total. The van der Waals surface area contributed by atoms with Crippen molar-refractivity contribution in [3.05, 3.63) is 82.9 Å². The summed E-state index contributed by atoms with van der Waals surface area (Å²) in [6.45, 7) is 2.35. The number of hydrogen-bond acceptors (Lipinski definition) is 5. The molecule has 1 N–H and O–H groups in total. The van der Waals surface area contributed by atoms with E-state index in [0.717, 1.165) is 25.1 Å². The molecule has 0 atom stereocenters. The fourth-order valence-electron chi connectivity index (χ4n) is 4.04. The summed E-state index contributed by atoms with van der Waals surface area (Å²) < 4.78 is 16.0. The third-order valence-electron chi connectivity index (χ3n) is 5.78. The minimum absolute atomic E-state index is 0.236. The largest absolute Gasteiger partial charge is 0.496 e. The van der Waals surface area contributed by atoms with Crippen LogP contribution >= 0.6 is 0 Å². The van der Waals surface area contributed by atoms with Gasteiger partial charge < -0.3 is 24.4 Å². The molecule has 4 rings (SSSR count). The van der Waals surface area contributed by atoms with Crippen molar-refractivity contribution in [3.8, 4) is 17.2 Å². The van der Waals surface area contributed by atoms with E-state index >= 15 is 0 Å². The molecule has 0 fully saturated rings. The zero-order chi connectivity index (χ0) is 22.5. The minimum atomic E-state index is -0.236. The van der Waals surface area contributed by atoms with Crippen LogP contribution in [0, 0.1) is 0 Å².